The van der Waals surface area contributed by atoms with Gasteiger partial charge in [-0.2, -0.15) is 0 Å². The minimum absolute atomic E-state index is 0.197. The number of halogens is 1. The van der Waals surface area contributed by atoms with Crippen molar-refractivity contribution in [3.63, 3.8) is 0 Å². The lowest BCUT2D eigenvalue weighted by Crippen LogP contribution is -2.26. The lowest BCUT2D eigenvalue weighted by molar-refractivity contribution is 0.191. The smallest absolute Gasteiger partial charge is 0.153 e. The fraction of sp³-hybridized carbons (Fsp3) is 0.500. The van der Waals surface area contributed by atoms with Gasteiger partial charge in [0.15, 0.2) is 5.58 Å². The summed E-state index contributed by atoms with van der Waals surface area (Å²) in [5.74, 6) is 3.38. The number of furan rings is 1. The van der Waals surface area contributed by atoms with Crippen molar-refractivity contribution in [3.05, 3.63) is 35.1 Å². The molecule has 3 aromatic heterocycles. The van der Waals surface area contributed by atoms with Gasteiger partial charge in [0.1, 0.15) is 17.4 Å². The van der Waals surface area contributed by atoms with Gasteiger partial charge < -0.3 is 19.7 Å². The normalized spacial score (nSPS) is 23.5. The van der Waals surface area contributed by atoms with Crippen LogP contribution in [0.1, 0.15) is 32.8 Å². The number of rotatable bonds is 6. The van der Waals surface area contributed by atoms with Crippen LogP contribution in [0.3, 0.4) is 0 Å². The molecule has 4 unspecified atom stereocenters. The highest BCUT2D eigenvalue weighted by Crippen LogP contribution is 2.44. The SMILES string of the molecule is CCc1c(N(C)C)nc(NC2CC(CO)C(C)C2C)c(-c2cc3ccncc3o2)c1Cl. The molecule has 4 atom stereocenters. The van der Waals surface area contributed by atoms with E-state index in [1.807, 2.05) is 31.1 Å². The Morgan fingerprint density at radius 3 is 2.68 bits per heavy atom. The molecular weight excluding hydrogens is 412 g/mol. The molecule has 31 heavy (non-hydrogen) atoms. The average Bonchev–Trinajstić information content (AvgIpc) is 3.29. The second kappa shape index (κ2) is 8.67. The molecule has 4 rings (SSSR count). The number of aliphatic hydroxyl groups is 1. The van der Waals surface area contributed by atoms with Gasteiger partial charge in [0.2, 0.25) is 0 Å². The molecule has 1 saturated carbocycles. The summed E-state index contributed by atoms with van der Waals surface area (Å²) in [7, 11) is 3.96. The maximum Gasteiger partial charge on any atom is 0.153 e. The van der Waals surface area contributed by atoms with Crippen molar-refractivity contribution in [2.45, 2.75) is 39.7 Å². The van der Waals surface area contributed by atoms with E-state index in [9.17, 15) is 5.11 Å². The summed E-state index contributed by atoms with van der Waals surface area (Å²) in [6.07, 6.45) is 5.13. The molecule has 3 heterocycles. The molecule has 1 fully saturated rings. The van der Waals surface area contributed by atoms with Crippen molar-refractivity contribution < 1.29 is 9.52 Å². The maximum atomic E-state index is 9.79. The Morgan fingerprint density at radius 1 is 1.29 bits per heavy atom. The molecule has 0 radical (unpaired) electrons. The van der Waals surface area contributed by atoms with Crippen molar-refractivity contribution in [3.8, 4) is 11.3 Å². The lowest BCUT2D eigenvalue weighted by Gasteiger charge is -2.25. The van der Waals surface area contributed by atoms with Gasteiger partial charge in [0.05, 0.1) is 16.8 Å². The molecule has 0 aliphatic heterocycles. The van der Waals surface area contributed by atoms with Gasteiger partial charge in [-0.1, -0.05) is 32.4 Å². The van der Waals surface area contributed by atoms with Crippen LogP contribution in [-0.4, -0.2) is 41.8 Å². The number of nitrogens with one attached hydrogen (secondary N) is 1. The molecule has 166 valence electrons. The third kappa shape index (κ3) is 3.87. The Hall–Kier alpha value is -2.31. The molecule has 0 aromatic carbocycles. The highest BCUT2D eigenvalue weighted by Gasteiger charge is 2.38. The molecule has 0 spiro atoms. The summed E-state index contributed by atoms with van der Waals surface area (Å²) < 4.78 is 6.15. The highest BCUT2D eigenvalue weighted by molar-refractivity contribution is 6.35. The standard InChI is InChI=1S/C24H31ClN4O2/c1-6-17-22(25)21(19-10-15-7-8-26-11-20(15)31-19)23(28-24(17)29(4)5)27-18-9-16(12-30)13(2)14(18)3/h7-8,10-11,13-14,16,18,30H,6,9,12H2,1-5H3,(H,27,28). The zero-order chi connectivity index (χ0) is 22.3. The van der Waals surface area contributed by atoms with Crippen LogP contribution in [-0.2, 0) is 6.42 Å². The molecule has 7 heteroatoms. The highest BCUT2D eigenvalue weighted by atomic mass is 35.5. The van der Waals surface area contributed by atoms with Gasteiger partial charge in [-0.05, 0) is 42.7 Å². The zero-order valence-electron chi connectivity index (χ0n) is 18.8. The van der Waals surface area contributed by atoms with E-state index in [4.69, 9.17) is 21.0 Å². The number of hydrogen-bond donors (Lipinski definition) is 2. The van der Waals surface area contributed by atoms with Crippen LogP contribution in [0.25, 0.3) is 22.3 Å². The van der Waals surface area contributed by atoms with Crippen LogP contribution in [0.4, 0.5) is 11.6 Å². The van der Waals surface area contributed by atoms with E-state index in [1.165, 1.54) is 0 Å². The number of nitrogens with zero attached hydrogens (tertiary/aromatic N) is 3. The molecule has 6 nitrogen and oxygen atoms in total. The Morgan fingerprint density at radius 2 is 2.06 bits per heavy atom. The molecule has 0 saturated heterocycles. The average molecular weight is 443 g/mol. The predicted molar refractivity (Wildman–Crippen MR) is 127 cm³/mol. The fourth-order valence-corrected chi connectivity index (χ4v) is 5.16. The maximum absolute atomic E-state index is 9.79. The number of fused-ring (bicyclic) bond motifs is 1. The third-order valence-electron chi connectivity index (χ3n) is 6.88. The van der Waals surface area contributed by atoms with Crippen LogP contribution in [0.2, 0.25) is 5.02 Å². The number of hydrogen-bond acceptors (Lipinski definition) is 6. The van der Waals surface area contributed by atoms with Crippen molar-refractivity contribution in [2.75, 3.05) is 30.9 Å². The van der Waals surface area contributed by atoms with Gasteiger partial charge in [0.25, 0.3) is 0 Å². The molecular formula is C24H31ClN4O2. The first-order valence-electron chi connectivity index (χ1n) is 11.0. The molecule has 2 N–H and O–H groups in total. The van der Waals surface area contributed by atoms with Crippen molar-refractivity contribution >= 4 is 34.2 Å². The summed E-state index contributed by atoms with van der Waals surface area (Å²) >= 11 is 7.01. The Balaban J connectivity index is 1.86. The first-order chi connectivity index (χ1) is 14.8. The van der Waals surface area contributed by atoms with Crippen LogP contribution in [0.15, 0.2) is 28.9 Å². The molecule has 1 aliphatic rings. The molecule has 0 amide bonds. The van der Waals surface area contributed by atoms with Crippen LogP contribution >= 0.6 is 11.6 Å². The van der Waals surface area contributed by atoms with E-state index < -0.39 is 0 Å². The van der Waals surface area contributed by atoms with E-state index in [1.54, 1.807) is 12.4 Å². The van der Waals surface area contributed by atoms with Crippen LogP contribution < -0.4 is 10.2 Å². The largest absolute Gasteiger partial charge is 0.454 e. The molecule has 1 aliphatic carbocycles. The topological polar surface area (TPSA) is 74.4 Å². The van der Waals surface area contributed by atoms with Gasteiger partial charge in [-0.15, -0.1) is 0 Å². The number of aromatic nitrogens is 2. The summed E-state index contributed by atoms with van der Waals surface area (Å²) in [4.78, 5) is 11.2. The van der Waals surface area contributed by atoms with Crippen molar-refractivity contribution in [1.29, 1.82) is 0 Å². The predicted octanol–water partition coefficient (Wildman–Crippen LogP) is 5.24. The van der Waals surface area contributed by atoms with E-state index in [-0.39, 0.29) is 18.6 Å². The third-order valence-corrected chi connectivity index (χ3v) is 7.29. The summed E-state index contributed by atoms with van der Waals surface area (Å²) in [5, 5.41) is 15.1. The van der Waals surface area contributed by atoms with E-state index in [2.05, 4.69) is 31.1 Å². The first kappa shape index (κ1) is 21.9. The Bertz CT molecular complexity index is 1050. The number of pyridine rings is 2. The van der Waals surface area contributed by atoms with Gasteiger partial charge in [-0.3, -0.25) is 4.98 Å². The Labute approximate surface area is 188 Å². The monoisotopic (exact) mass is 442 g/mol. The van der Waals surface area contributed by atoms with Crippen molar-refractivity contribution in [2.24, 2.45) is 17.8 Å². The van der Waals surface area contributed by atoms with Crippen molar-refractivity contribution in [1.82, 2.24) is 9.97 Å². The van der Waals surface area contributed by atoms with Gasteiger partial charge >= 0.3 is 0 Å². The summed E-state index contributed by atoms with van der Waals surface area (Å²) in [6.45, 7) is 6.74. The van der Waals surface area contributed by atoms with E-state index in [0.717, 1.165) is 46.6 Å². The second-order valence-corrected chi connectivity index (χ2v) is 9.25. The fourth-order valence-electron chi connectivity index (χ4n) is 4.76. The lowest BCUT2D eigenvalue weighted by atomic mass is 9.92. The first-order valence-corrected chi connectivity index (χ1v) is 11.3. The van der Waals surface area contributed by atoms with E-state index >= 15 is 0 Å². The van der Waals surface area contributed by atoms with Crippen LogP contribution in [0, 0.1) is 17.8 Å². The summed E-state index contributed by atoms with van der Waals surface area (Å²) in [6, 6.07) is 4.12. The number of aliphatic hydroxyl groups excluding tert-OH is 1. The van der Waals surface area contributed by atoms with Gasteiger partial charge in [0, 0.05) is 43.9 Å². The zero-order valence-corrected chi connectivity index (χ0v) is 19.6. The van der Waals surface area contributed by atoms with E-state index in [0.29, 0.717) is 22.6 Å². The number of anilines is 2. The Kier molecular flexibility index (Phi) is 6.13. The van der Waals surface area contributed by atoms with Gasteiger partial charge in [-0.25, -0.2) is 4.98 Å². The molecule has 3 aromatic rings. The van der Waals surface area contributed by atoms with Crippen LogP contribution in [0.5, 0.6) is 0 Å². The summed E-state index contributed by atoms with van der Waals surface area (Å²) in [5.41, 5.74) is 2.50. The molecule has 0 bridgehead atoms. The second-order valence-electron chi connectivity index (χ2n) is 8.87. The quantitative estimate of drug-likeness (QED) is 0.544. The minimum Gasteiger partial charge on any atom is -0.454 e. The minimum atomic E-state index is 0.197.